The van der Waals surface area contributed by atoms with Gasteiger partial charge in [-0.05, 0) is 30.7 Å². The first kappa shape index (κ1) is 13.3. The Labute approximate surface area is 116 Å². The summed E-state index contributed by atoms with van der Waals surface area (Å²) in [6.07, 6.45) is 1.72. The van der Waals surface area contributed by atoms with Crippen molar-refractivity contribution in [3.05, 3.63) is 41.3 Å². The molecule has 20 heavy (non-hydrogen) atoms. The van der Waals surface area contributed by atoms with Gasteiger partial charge in [0.2, 0.25) is 10.0 Å². The van der Waals surface area contributed by atoms with Crippen molar-refractivity contribution in [3.8, 4) is 11.3 Å². The molecule has 0 N–H and O–H groups in total. The molecule has 1 aliphatic rings. The Kier molecular flexibility index (Phi) is 3.10. The molecule has 1 aliphatic heterocycles. The summed E-state index contributed by atoms with van der Waals surface area (Å²) in [7, 11) is -3.23. The van der Waals surface area contributed by atoms with Crippen molar-refractivity contribution in [2.45, 2.75) is 13.0 Å². The first-order valence-electron chi connectivity index (χ1n) is 6.13. The molecule has 1 aromatic heterocycles. The van der Waals surface area contributed by atoms with Gasteiger partial charge in [-0.3, -0.25) is 0 Å². The molecule has 0 aliphatic carbocycles. The summed E-state index contributed by atoms with van der Waals surface area (Å²) in [5.74, 6) is 0.276. The van der Waals surface area contributed by atoms with Crippen LogP contribution in [0.5, 0.6) is 0 Å². The third kappa shape index (κ3) is 2.34. The summed E-state index contributed by atoms with van der Waals surface area (Å²) in [5, 5.41) is 3.94. The van der Waals surface area contributed by atoms with E-state index < -0.39 is 10.0 Å². The fourth-order valence-corrected chi connectivity index (χ4v) is 3.10. The summed E-state index contributed by atoms with van der Waals surface area (Å²) >= 11 is 0. The minimum Gasteiger partial charge on any atom is -0.356 e. The van der Waals surface area contributed by atoms with E-state index in [1.165, 1.54) is 22.7 Å². The highest BCUT2D eigenvalue weighted by Crippen LogP contribution is 2.30. The average Bonchev–Trinajstić information content (AvgIpc) is 2.81. The van der Waals surface area contributed by atoms with E-state index in [4.69, 9.17) is 4.52 Å². The second-order valence-corrected chi connectivity index (χ2v) is 6.77. The van der Waals surface area contributed by atoms with E-state index >= 15 is 0 Å². The zero-order chi connectivity index (χ0) is 14.3. The zero-order valence-corrected chi connectivity index (χ0v) is 11.7. The Balaban J connectivity index is 1.96. The van der Waals surface area contributed by atoms with Gasteiger partial charge in [-0.25, -0.2) is 12.8 Å². The minimum absolute atomic E-state index is 0.221. The maximum Gasteiger partial charge on any atom is 0.211 e. The molecule has 0 saturated heterocycles. The fourth-order valence-electron chi connectivity index (χ4n) is 2.32. The molecule has 0 bridgehead atoms. The number of rotatable bonds is 2. The number of nitrogens with zero attached hydrogens (tertiary/aromatic N) is 2. The standard InChI is InChI=1S/C13H13FN2O3S/c1-20(17,18)16-7-6-11-12(8-16)15-19-13(11)9-2-4-10(14)5-3-9/h2-5H,6-8H2,1H3. The van der Waals surface area contributed by atoms with Crippen molar-refractivity contribution >= 4 is 10.0 Å². The number of hydrogen-bond donors (Lipinski definition) is 0. The molecule has 1 aromatic carbocycles. The topological polar surface area (TPSA) is 63.4 Å². The van der Waals surface area contributed by atoms with Gasteiger partial charge in [0.15, 0.2) is 5.76 Å². The normalized spacial score (nSPS) is 16.1. The van der Waals surface area contributed by atoms with Crippen LogP contribution in [-0.2, 0) is 23.0 Å². The van der Waals surface area contributed by atoms with E-state index in [2.05, 4.69) is 5.16 Å². The predicted molar refractivity (Wildman–Crippen MR) is 70.9 cm³/mol. The van der Waals surface area contributed by atoms with Gasteiger partial charge < -0.3 is 4.52 Å². The van der Waals surface area contributed by atoms with Crippen molar-refractivity contribution in [2.24, 2.45) is 0 Å². The minimum atomic E-state index is -3.23. The Morgan fingerprint density at radius 3 is 2.65 bits per heavy atom. The Bertz CT molecular complexity index is 737. The van der Waals surface area contributed by atoms with E-state index in [1.54, 1.807) is 12.1 Å². The number of sulfonamides is 1. The largest absolute Gasteiger partial charge is 0.356 e. The van der Waals surface area contributed by atoms with Crippen LogP contribution in [0.25, 0.3) is 11.3 Å². The van der Waals surface area contributed by atoms with Crippen LogP contribution in [0, 0.1) is 5.82 Å². The lowest BCUT2D eigenvalue weighted by molar-refractivity contribution is 0.373. The smallest absolute Gasteiger partial charge is 0.211 e. The SMILES string of the molecule is CS(=O)(=O)N1CCc2c(noc2-c2ccc(F)cc2)C1. The van der Waals surface area contributed by atoms with Gasteiger partial charge in [-0.15, -0.1) is 0 Å². The third-order valence-corrected chi connectivity index (χ3v) is 4.63. The molecule has 5 nitrogen and oxygen atoms in total. The summed E-state index contributed by atoms with van der Waals surface area (Å²) < 4.78 is 42.7. The van der Waals surface area contributed by atoms with E-state index in [-0.39, 0.29) is 12.4 Å². The van der Waals surface area contributed by atoms with Gasteiger partial charge in [0, 0.05) is 17.7 Å². The van der Waals surface area contributed by atoms with E-state index in [0.29, 0.717) is 24.4 Å². The Hall–Kier alpha value is -1.73. The van der Waals surface area contributed by atoms with E-state index in [0.717, 1.165) is 11.1 Å². The molecule has 0 saturated carbocycles. The van der Waals surface area contributed by atoms with E-state index in [9.17, 15) is 12.8 Å². The second kappa shape index (κ2) is 4.68. The predicted octanol–water partition coefficient (Wildman–Crippen LogP) is 1.80. The molecule has 3 rings (SSSR count). The lowest BCUT2D eigenvalue weighted by Gasteiger charge is -2.23. The van der Waals surface area contributed by atoms with Crippen LogP contribution in [0.15, 0.2) is 28.8 Å². The highest BCUT2D eigenvalue weighted by molar-refractivity contribution is 7.88. The summed E-state index contributed by atoms with van der Waals surface area (Å²) in [5.41, 5.74) is 2.27. The van der Waals surface area contributed by atoms with Crippen molar-refractivity contribution in [1.29, 1.82) is 0 Å². The van der Waals surface area contributed by atoms with Gasteiger partial charge in [0.25, 0.3) is 0 Å². The van der Waals surface area contributed by atoms with Crippen molar-refractivity contribution in [3.63, 3.8) is 0 Å². The summed E-state index contributed by atoms with van der Waals surface area (Å²) in [4.78, 5) is 0. The van der Waals surface area contributed by atoms with Crippen LogP contribution in [0.1, 0.15) is 11.3 Å². The van der Waals surface area contributed by atoms with Gasteiger partial charge in [-0.1, -0.05) is 5.16 Å². The fraction of sp³-hybridized carbons (Fsp3) is 0.308. The Morgan fingerprint density at radius 1 is 1.30 bits per heavy atom. The molecule has 106 valence electrons. The molecule has 0 unspecified atom stereocenters. The molecular formula is C13H13FN2O3S. The lowest BCUT2D eigenvalue weighted by atomic mass is 10.0. The molecule has 7 heteroatoms. The molecule has 2 aromatic rings. The van der Waals surface area contributed by atoms with E-state index in [1.807, 2.05) is 0 Å². The van der Waals surface area contributed by atoms with Crippen molar-refractivity contribution in [1.82, 2.24) is 9.46 Å². The quantitative estimate of drug-likeness (QED) is 0.847. The molecule has 0 spiro atoms. The molecule has 0 amide bonds. The average molecular weight is 296 g/mol. The van der Waals surface area contributed by atoms with Gasteiger partial charge in [-0.2, -0.15) is 4.31 Å². The second-order valence-electron chi connectivity index (χ2n) is 4.79. The number of halogens is 1. The maximum atomic E-state index is 12.9. The molecule has 0 atom stereocenters. The number of benzene rings is 1. The van der Waals surface area contributed by atoms with Crippen molar-refractivity contribution in [2.75, 3.05) is 12.8 Å². The van der Waals surface area contributed by atoms with Gasteiger partial charge >= 0.3 is 0 Å². The van der Waals surface area contributed by atoms with Gasteiger partial charge in [0.1, 0.15) is 11.5 Å². The van der Waals surface area contributed by atoms with Crippen LogP contribution in [0.3, 0.4) is 0 Å². The molecule has 0 fully saturated rings. The summed E-state index contributed by atoms with van der Waals surface area (Å²) in [6, 6.07) is 5.96. The van der Waals surface area contributed by atoms with Crippen LogP contribution in [0.2, 0.25) is 0 Å². The van der Waals surface area contributed by atoms with Gasteiger partial charge in [0.05, 0.1) is 12.8 Å². The summed E-state index contributed by atoms with van der Waals surface area (Å²) in [6.45, 7) is 0.625. The number of aromatic nitrogens is 1. The molecule has 0 radical (unpaired) electrons. The first-order valence-corrected chi connectivity index (χ1v) is 7.98. The van der Waals surface area contributed by atoms with Crippen LogP contribution < -0.4 is 0 Å². The first-order chi connectivity index (χ1) is 9.45. The monoisotopic (exact) mass is 296 g/mol. The lowest BCUT2D eigenvalue weighted by Crippen LogP contribution is -2.35. The third-order valence-electron chi connectivity index (χ3n) is 3.38. The molecule has 2 heterocycles. The van der Waals surface area contributed by atoms with Crippen LogP contribution in [0.4, 0.5) is 4.39 Å². The number of fused-ring (bicyclic) bond motifs is 1. The Morgan fingerprint density at radius 2 is 2.00 bits per heavy atom. The van der Waals surface area contributed by atoms with Crippen LogP contribution >= 0.6 is 0 Å². The maximum absolute atomic E-state index is 12.9. The zero-order valence-electron chi connectivity index (χ0n) is 10.8. The van der Waals surface area contributed by atoms with Crippen LogP contribution in [-0.4, -0.2) is 30.7 Å². The molecular weight excluding hydrogens is 283 g/mol. The highest BCUT2D eigenvalue weighted by Gasteiger charge is 2.28. The number of hydrogen-bond acceptors (Lipinski definition) is 4. The van der Waals surface area contributed by atoms with Crippen molar-refractivity contribution < 1.29 is 17.3 Å². The highest BCUT2D eigenvalue weighted by atomic mass is 32.2.